The van der Waals surface area contributed by atoms with Crippen molar-refractivity contribution >= 4 is 53.0 Å². The monoisotopic (exact) mass is 426 g/mol. The summed E-state index contributed by atoms with van der Waals surface area (Å²) >= 11 is 0.981. The van der Waals surface area contributed by atoms with Gasteiger partial charge in [0.1, 0.15) is 5.57 Å². The number of hydrogen-bond donors (Lipinski definition) is 3. The molecule has 1 fully saturated rings. The molecule has 3 N–H and O–H groups in total. The van der Waals surface area contributed by atoms with Gasteiger partial charge in [0.05, 0.1) is 15.6 Å². The molecule has 5 amide bonds. The molecule has 0 aromatic heterocycles. The van der Waals surface area contributed by atoms with Crippen LogP contribution in [0.4, 0.5) is 16.2 Å². The van der Waals surface area contributed by atoms with E-state index < -0.39 is 22.8 Å². The normalized spacial score (nSPS) is 13.3. The maximum absolute atomic E-state index is 12.1. The molecule has 0 radical (unpaired) electrons. The van der Waals surface area contributed by atoms with E-state index in [0.717, 1.165) is 17.8 Å². The van der Waals surface area contributed by atoms with Gasteiger partial charge in [-0.15, -0.1) is 11.8 Å². The van der Waals surface area contributed by atoms with Gasteiger partial charge in [-0.05, 0) is 29.8 Å². The fraction of sp³-hybridized carbons (Fsp3) is 0.0526. The van der Waals surface area contributed by atoms with Crippen molar-refractivity contribution < 1.29 is 24.1 Å². The standard InChI is InChI=1S/C19H14N4O6S/c24-16(20-12-4-2-1-3-5-12)10-30-15-7-6-11(9-14(15)23(28)29)8-13-17(25)21-19(27)22-18(13)26/h1-9H,10H2,(H,20,24)(H2,21,22,25,26,27). The van der Waals surface area contributed by atoms with E-state index in [-0.39, 0.29) is 33.4 Å². The Morgan fingerprint density at radius 2 is 1.73 bits per heavy atom. The average molecular weight is 426 g/mol. The van der Waals surface area contributed by atoms with Crippen LogP contribution in [0.5, 0.6) is 0 Å². The zero-order valence-electron chi connectivity index (χ0n) is 15.2. The number of nitrogens with zero attached hydrogens (tertiary/aromatic N) is 1. The first kappa shape index (κ1) is 20.7. The van der Waals surface area contributed by atoms with Crippen LogP contribution in [0.25, 0.3) is 6.08 Å². The van der Waals surface area contributed by atoms with E-state index in [0.29, 0.717) is 5.69 Å². The largest absolute Gasteiger partial charge is 0.328 e. The van der Waals surface area contributed by atoms with Crippen molar-refractivity contribution in [3.63, 3.8) is 0 Å². The van der Waals surface area contributed by atoms with Gasteiger partial charge >= 0.3 is 6.03 Å². The molecule has 10 nitrogen and oxygen atoms in total. The van der Waals surface area contributed by atoms with Gasteiger partial charge in [-0.2, -0.15) is 0 Å². The molecule has 3 rings (SSSR count). The van der Waals surface area contributed by atoms with E-state index >= 15 is 0 Å². The number of nitro groups is 1. The Balaban J connectivity index is 1.75. The molecule has 0 spiro atoms. The van der Waals surface area contributed by atoms with Crippen LogP contribution >= 0.6 is 11.8 Å². The number of carbonyl (C=O) groups is 4. The van der Waals surface area contributed by atoms with Gasteiger partial charge in [0.2, 0.25) is 5.91 Å². The van der Waals surface area contributed by atoms with Crippen LogP contribution in [0, 0.1) is 10.1 Å². The number of benzene rings is 2. The van der Waals surface area contributed by atoms with Crippen molar-refractivity contribution in [1.82, 2.24) is 10.6 Å². The summed E-state index contributed by atoms with van der Waals surface area (Å²) in [6.07, 6.45) is 1.14. The predicted molar refractivity (Wildman–Crippen MR) is 109 cm³/mol. The number of anilines is 1. The second-order valence-electron chi connectivity index (χ2n) is 5.98. The first-order chi connectivity index (χ1) is 14.3. The number of thioether (sulfide) groups is 1. The summed E-state index contributed by atoms with van der Waals surface area (Å²) in [6, 6.07) is 11.9. The Hall–Kier alpha value is -3.99. The van der Waals surface area contributed by atoms with E-state index in [4.69, 9.17) is 0 Å². The van der Waals surface area contributed by atoms with Gasteiger partial charge in [-0.25, -0.2) is 4.79 Å². The summed E-state index contributed by atoms with van der Waals surface area (Å²) in [5.41, 5.74) is 0.192. The van der Waals surface area contributed by atoms with Gasteiger partial charge in [-0.1, -0.05) is 24.3 Å². The van der Waals surface area contributed by atoms with Crippen LogP contribution in [0.3, 0.4) is 0 Å². The lowest BCUT2D eigenvalue weighted by molar-refractivity contribution is -0.387. The second kappa shape index (κ2) is 9.01. The lowest BCUT2D eigenvalue weighted by atomic mass is 10.1. The van der Waals surface area contributed by atoms with Crippen LogP contribution in [0.2, 0.25) is 0 Å². The fourth-order valence-electron chi connectivity index (χ4n) is 2.52. The smallest absolute Gasteiger partial charge is 0.325 e. The number of urea groups is 1. The molecule has 11 heteroatoms. The molecule has 0 saturated carbocycles. The third-order valence-corrected chi connectivity index (χ3v) is 4.91. The molecule has 1 aliphatic rings. The maximum Gasteiger partial charge on any atom is 0.328 e. The number of para-hydroxylation sites is 1. The third-order valence-electron chi connectivity index (χ3n) is 3.85. The van der Waals surface area contributed by atoms with Crippen molar-refractivity contribution in [3.8, 4) is 0 Å². The topological polar surface area (TPSA) is 148 Å². The number of nitrogens with one attached hydrogen (secondary N) is 3. The SMILES string of the molecule is O=C(CSc1ccc(C=C2C(=O)NC(=O)NC2=O)cc1[N+](=O)[O-])Nc1ccccc1. The molecule has 30 heavy (non-hydrogen) atoms. The van der Waals surface area contributed by atoms with Gasteiger partial charge in [0, 0.05) is 11.8 Å². The lowest BCUT2D eigenvalue weighted by Crippen LogP contribution is -2.51. The Bertz CT molecular complexity index is 1060. The highest BCUT2D eigenvalue weighted by Gasteiger charge is 2.28. The third kappa shape index (κ3) is 5.08. The second-order valence-corrected chi connectivity index (χ2v) is 7.00. The first-order valence-corrected chi connectivity index (χ1v) is 9.46. The summed E-state index contributed by atoms with van der Waals surface area (Å²) in [7, 11) is 0. The molecule has 2 aromatic carbocycles. The van der Waals surface area contributed by atoms with Crippen LogP contribution < -0.4 is 16.0 Å². The number of amides is 5. The molecular formula is C19H14N4O6S. The zero-order chi connectivity index (χ0) is 21.7. The van der Waals surface area contributed by atoms with Gasteiger partial charge < -0.3 is 5.32 Å². The minimum Gasteiger partial charge on any atom is -0.325 e. The fourth-order valence-corrected chi connectivity index (χ4v) is 3.33. The number of hydrogen-bond acceptors (Lipinski definition) is 7. The van der Waals surface area contributed by atoms with Crippen LogP contribution in [-0.4, -0.2) is 34.4 Å². The van der Waals surface area contributed by atoms with Crippen molar-refractivity contribution in [1.29, 1.82) is 0 Å². The minimum atomic E-state index is -0.936. The lowest BCUT2D eigenvalue weighted by Gasteiger charge is -2.13. The molecule has 1 heterocycles. The first-order valence-electron chi connectivity index (χ1n) is 8.48. The van der Waals surface area contributed by atoms with E-state index in [1.54, 1.807) is 24.3 Å². The minimum absolute atomic E-state index is 0.0525. The highest BCUT2D eigenvalue weighted by molar-refractivity contribution is 8.00. The number of carbonyl (C=O) groups excluding carboxylic acids is 4. The van der Waals surface area contributed by atoms with Gasteiger partial charge in [0.15, 0.2) is 0 Å². The van der Waals surface area contributed by atoms with E-state index in [9.17, 15) is 29.3 Å². The summed E-state index contributed by atoms with van der Waals surface area (Å²) in [6.45, 7) is 0. The van der Waals surface area contributed by atoms with Gasteiger partial charge in [0.25, 0.3) is 17.5 Å². The highest BCUT2D eigenvalue weighted by Crippen LogP contribution is 2.31. The summed E-state index contributed by atoms with van der Waals surface area (Å²) in [4.78, 5) is 57.8. The van der Waals surface area contributed by atoms with E-state index in [1.807, 2.05) is 16.7 Å². The molecule has 2 aromatic rings. The molecule has 0 unspecified atom stereocenters. The number of nitro benzene ring substituents is 1. The Kier molecular flexibility index (Phi) is 6.23. The van der Waals surface area contributed by atoms with Crippen LogP contribution in [-0.2, 0) is 14.4 Å². The molecule has 1 aliphatic heterocycles. The van der Waals surface area contributed by atoms with Crippen LogP contribution in [0.15, 0.2) is 59.0 Å². The summed E-state index contributed by atoms with van der Waals surface area (Å²) < 4.78 is 0. The van der Waals surface area contributed by atoms with Crippen molar-refractivity contribution in [2.75, 3.05) is 11.1 Å². The van der Waals surface area contributed by atoms with Crippen LogP contribution in [0.1, 0.15) is 5.56 Å². The summed E-state index contributed by atoms with van der Waals surface area (Å²) in [5.74, 6) is -2.18. The Morgan fingerprint density at radius 1 is 1.07 bits per heavy atom. The number of rotatable bonds is 6. The molecule has 0 aliphatic carbocycles. The quantitative estimate of drug-likeness (QED) is 0.211. The number of barbiturate groups is 1. The van der Waals surface area contributed by atoms with Gasteiger partial charge in [-0.3, -0.25) is 35.1 Å². The average Bonchev–Trinajstić information content (AvgIpc) is 2.70. The van der Waals surface area contributed by atoms with E-state index in [1.165, 1.54) is 18.2 Å². The Morgan fingerprint density at radius 3 is 2.37 bits per heavy atom. The molecular weight excluding hydrogens is 412 g/mol. The number of imide groups is 2. The molecule has 0 bridgehead atoms. The maximum atomic E-state index is 12.1. The zero-order valence-corrected chi connectivity index (χ0v) is 16.0. The van der Waals surface area contributed by atoms with Crippen molar-refractivity contribution in [3.05, 3.63) is 69.8 Å². The van der Waals surface area contributed by atoms with Crippen molar-refractivity contribution in [2.45, 2.75) is 4.90 Å². The molecule has 1 saturated heterocycles. The molecule has 152 valence electrons. The van der Waals surface area contributed by atoms with E-state index in [2.05, 4.69) is 5.32 Å². The Labute approximate surface area is 173 Å². The molecule has 0 atom stereocenters. The predicted octanol–water partition coefficient (Wildman–Crippen LogP) is 2.07. The van der Waals surface area contributed by atoms with Crippen molar-refractivity contribution in [2.24, 2.45) is 0 Å². The highest BCUT2D eigenvalue weighted by atomic mass is 32.2. The summed E-state index contributed by atoms with van der Waals surface area (Å²) in [5, 5.41) is 18.0.